The monoisotopic (exact) mass is 96.1 g/mol. The first-order chi connectivity index (χ1) is 3.37. The minimum atomic E-state index is 0.967. The van der Waals surface area contributed by atoms with Crippen molar-refractivity contribution in [2.75, 3.05) is 0 Å². The van der Waals surface area contributed by atoms with Crippen molar-refractivity contribution in [1.82, 2.24) is 0 Å². The molecule has 0 radical (unpaired) electrons. The van der Waals surface area contributed by atoms with E-state index in [0.717, 1.165) is 11.3 Å². The lowest BCUT2D eigenvalue weighted by molar-refractivity contribution is 0.684. The predicted octanol–water partition coefficient (Wildman–Crippen LogP) is 2.20. The maximum Gasteiger partial charge on any atom is -0.0266 e. The van der Waals surface area contributed by atoms with Crippen LogP contribution in [0.5, 0.6) is 0 Å². The van der Waals surface area contributed by atoms with Gasteiger partial charge in [0.25, 0.3) is 0 Å². The first-order valence-electron chi connectivity index (χ1n) is 3.37. The number of rotatable bonds is 1. The fourth-order valence-corrected chi connectivity index (χ4v) is 1.78. The van der Waals surface area contributed by atoms with Gasteiger partial charge < -0.3 is 0 Å². The first kappa shape index (κ1) is 3.94. The summed E-state index contributed by atoms with van der Waals surface area (Å²) in [6, 6.07) is 0. The Morgan fingerprint density at radius 1 is 1.57 bits per heavy atom. The maximum absolute atomic E-state index is 2.32. The van der Waals surface area contributed by atoms with Crippen LogP contribution in [0.15, 0.2) is 0 Å². The molecule has 0 N–H and O–H groups in total. The van der Waals surface area contributed by atoms with Crippen LogP contribution in [0.3, 0.4) is 0 Å². The van der Waals surface area contributed by atoms with Crippen LogP contribution in [-0.2, 0) is 0 Å². The normalized spacial score (nSPS) is 41.6. The van der Waals surface area contributed by atoms with Gasteiger partial charge in [-0.15, -0.1) is 0 Å². The summed E-state index contributed by atoms with van der Waals surface area (Å²) < 4.78 is 0. The SMILES string of the molecule is CC[C@@H]1CC12CC2. The highest BCUT2D eigenvalue weighted by Gasteiger charge is 2.61. The minimum absolute atomic E-state index is 0.967. The highest BCUT2D eigenvalue weighted by molar-refractivity contribution is 5.11. The summed E-state index contributed by atoms with van der Waals surface area (Å²) in [5, 5.41) is 0. The van der Waals surface area contributed by atoms with Crippen molar-refractivity contribution in [1.29, 1.82) is 0 Å². The van der Waals surface area contributed by atoms with Gasteiger partial charge in [-0.05, 0) is 30.6 Å². The van der Waals surface area contributed by atoms with Crippen LogP contribution in [-0.4, -0.2) is 0 Å². The molecule has 0 saturated heterocycles. The van der Waals surface area contributed by atoms with Crippen LogP contribution >= 0.6 is 0 Å². The van der Waals surface area contributed by atoms with Gasteiger partial charge in [0.15, 0.2) is 0 Å². The predicted molar refractivity (Wildman–Crippen MR) is 30.1 cm³/mol. The number of hydrogen-bond acceptors (Lipinski definition) is 0. The van der Waals surface area contributed by atoms with E-state index in [9.17, 15) is 0 Å². The van der Waals surface area contributed by atoms with Crippen LogP contribution < -0.4 is 0 Å². The Kier molecular flexibility index (Phi) is 0.499. The van der Waals surface area contributed by atoms with E-state index >= 15 is 0 Å². The molecule has 2 aliphatic carbocycles. The van der Waals surface area contributed by atoms with Gasteiger partial charge in [-0.1, -0.05) is 13.3 Å². The zero-order valence-corrected chi connectivity index (χ0v) is 4.91. The molecule has 2 rings (SSSR count). The standard InChI is InChI=1S/C7H12/c1-2-6-5-7(6)3-4-7/h6H,2-5H2,1H3/t6-/m1/s1. The lowest BCUT2D eigenvalue weighted by Gasteiger charge is -1.82. The Hall–Kier alpha value is 0. The highest BCUT2D eigenvalue weighted by atomic mass is 14.7. The summed E-state index contributed by atoms with van der Waals surface area (Å²) in [5.74, 6) is 1.16. The zero-order chi connectivity index (χ0) is 4.91. The van der Waals surface area contributed by atoms with E-state index in [0.29, 0.717) is 0 Å². The van der Waals surface area contributed by atoms with Gasteiger partial charge in [-0.25, -0.2) is 0 Å². The largest absolute Gasteiger partial charge is 0.0651 e. The molecular formula is C7H12. The summed E-state index contributed by atoms with van der Waals surface area (Å²) >= 11 is 0. The molecule has 1 atom stereocenters. The van der Waals surface area contributed by atoms with E-state index in [1.807, 2.05) is 0 Å². The second-order valence-corrected chi connectivity index (χ2v) is 3.17. The van der Waals surface area contributed by atoms with E-state index in [2.05, 4.69) is 6.92 Å². The fraction of sp³-hybridized carbons (Fsp3) is 1.00. The molecule has 0 aromatic heterocycles. The van der Waals surface area contributed by atoms with E-state index in [1.54, 1.807) is 19.3 Å². The van der Waals surface area contributed by atoms with Crippen molar-refractivity contribution in [3.05, 3.63) is 0 Å². The van der Waals surface area contributed by atoms with Gasteiger partial charge in [0.2, 0.25) is 0 Å². The van der Waals surface area contributed by atoms with Crippen LogP contribution in [0.2, 0.25) is 0 Å². The lowest BCUT2D eigenvalue weighted by atomic mass is 10.2. The summed E-state index contributed by atoms with van der Waals surface area (Å²) in [6.07, 6.45) is 6.14. The molecule has 0 aliphatic heterocycles. The van der Waals surface area contributed by atoms with Gasteiger partial charge in [0, 0.05) is 0 Å². The highest BCUT2D eigenvalue weighted by Crippen LogP contribution is 2.71. The van der Waals surface area contributed by atoms with Crippen LogP contribution in [0.4, 0.5) is 0 Å². The van der Waals surface area contributed by atoms with E-state index in [-0.39, 0.29) is 0 Å². The average molecular weight is 96.2 g/mol. The second-order valence-electron chi connectivity index (χ2n) is 3.17. The van der Waals surface area contributed by atoms with Gasteiger partial charge in [0.05, 0.1) is 0 Å². The molecule has 0 heteroatoms. The Labute approximate surface area is 44.9 Å². The van der Waals surface area contributed by atoms with Crippen molar-refractivity contribution in [2.24, 2.45) is 11.3 Å². The van der Waals surface area contributed by atoms with Gasteiger partial charge in [-0.2, -0.15) is 0 Å². The molecule has 40 valence electrons. The molecule has 2 saturated carbocycles. The maximum atomic E-state index is 2.32. The summed E-state index contributed by atoms with van der Waals surface area (Å²) in [4.78, 5) is 0. The average Bonchev–Trinajstić information content (AvgIpc) is 2.52. The Bertz CT molecular complexity index is 90.2. The lowest BCUT2D eigenvalue weighted by Crippen LogP contribution is -1.72. The van der Waals surface area contributed by atoms with E-state index in [4.69, 9.17) is 0 Å². The second kappa shape index (κ2) is 0.888. The molecule has 1 spiro atoms. The van der Waals surface area contributed by atoms with Crippen molar-refractivity contribution in [3.63, 3.8) is 0 Å². The molecule has 0 amide bonds. The molecule has 2 aliphatic rings. The topological polar surface area (TPSA) is 0 Å². The van der Waals surface area contributed by atoms with E-state index in [1.165, 1.54) is 6.42 Å². The molecule has 7 heavy (non-hydrogen) atoms. The summed E-state index contributed by atoms with van der Waals surface area (Å²) in [6.45, 7) is 2.32. The van der Waals surface area contributed by atoms with Crippen LogP contribution in [0.1, 0.15) is 32.6 Å². The van der Waals surface area contributed by atoms with Gasteiger partial charge in [-0.3, -0.25) is 0 Å². The first-order valence-corrected chi connectivity index (χ1v) is 3.37. The molecular weight excluding hydrogens is 84.1 g/mol. The molecule has 0 unspecified atom stereocenters. The molecule has 0 aromatic carbocycles. The zero-order valence-electron chi connectivity index (χ0n) is 4.91. The third-order valence-corrected chi connectivity index (χ3v) is 2.74. The van der Waals surface area contributed by atoms with Crippen LogP contribution in [0, 0.1) is 11.3 Å². The van der Waals surface area contributed by atoms with Gasteiger partial charge in [0.1, 0.15) is 0 Å². The van der Waals surface area contributed by atoms with E-state index < -0.39 is 0 Å². The van der Waals surface area contributed by atoms with Crippen LogP contribution in [0.25, 0.3) is 0 Å². The molecule has 2 fully saturated rings. The summed E-state index contributed by atoms with van der Waals surface area (Å²) in [5.41, 5.74) is 0.967. The van der Waals surface area contributed by atoms with Crippen molar-refractivity contribution < 1.29 is 0 Å². The Morgan fingerprint density at radius 2 is 2.29 bits per heavy atom. The van der Waals surface area contributed by atoms with Crippen molar-refractivity contribution >= 4 is 0 Å². The number of hydrogen-bond donors (Lipinski definition) is 0. The summed E-state index contributed by atoms with van der Waals surface area (Å²) in [7, 11) is 0. The Morgan fingerprint density at radius 3 is 2.43 bits per heavy atom. The van der Waals surface area contributed by atoms with Crippen molar-refractivity contribution in [2.45, 2.75) is 32.6 Å². The molecule has 0 bridgehead atoms. The third kappa shape index (κ3) is 0.375. The third-order valence-electron chi connectivity index (χ3n) is 2.74. The smallest absolute Gasteiger partial charge is 0.0266 e. The Balaban J connectivity index is 1.97. The fourth-order valence-electron chi connectivity index (χ4n) is 1.78. The van der Waals surface area contributed by atoms with Crippen molar-refractivity contribution in [3.8, 4) is 0 Å². The molecule has 0 aromatic rings. The van der Waals surface area contributed by atoms with Gasteiger partial charge >= 0.3 is 0 Å². The minimum Gasteiger partial charge on any atom is -0.0651 e. The quantitative estimate of drug-likeness (QED) is 0.469. The molecule has 0 nitrogen and oxygen atoms in total. The molecule has 0 heterocycles.